The van der Waals surface area contributed by atoms with Crippen LogP contribution in [0.5, 0.6) is 11.5 Å². The van der Waals surface area contributed by atoms with Gasteiger partial charge in [0.25, 0.3) is 11.8 Å². The molecule has 126 valence electrons. The maximum Gasteiger partial charge on any atom is 0.259 e. The predicted octanol–water partition coefficient (Wildman–Crippen LogP) is 2.41. The third-order valence-corrected chi connectivity index (χ3v) is 3.33. The zero-order valence-corrected chi connectivity index (χ0v) is 13.9. The Labute approximate surface area is 141 Å². The van der Waals surface area contributed by atoms with E-state index in [2.05, 4.69) is 5.32 Å². The first-order valence-corrected chi connectivity index (χ1v) is 7.38. The Bertz CT molecular complexity index is 711. The number of nitrogens with zero attached hydrogens (tertiary/aromatic N) is 1. The monoisotopic (exact) mass is 328 g/mol. The minimum absolute atomic E-state index is 0.125. The highest BCUT2D eigenvalue weighted by Gasteiger charge is 2.14. The van der Waals surface area contributed by atoms with Gasteiger partial charge in [0, 0.05) is 19.8 Å². The molecule has 0 spiro atoms. The van der Waals surface area contributed by atoms with Gasteiger partial charge in [0.15, 0.2) is 6.61 Å². The van der Waals surface area contributed by atoms with Crippen LogP contribution in [0.15, 0.2) is 48.5 Å². The molecular weight excluding hydrogens is 308 g/mol. The van der Waals surface area contributed by atoms with Crippen molar-refractivity contribution in [1.82, 2.24) is 4.90 Å². The van der Waals surface area contributed by atoms with E-state index in [9.17, 15) is 9.59 Å². The van der Waals surface area contributed by atoms with Crippen LogP contribution in [0.2, 0.25) is 0 Å². The van der Waals surface area contributed by atoms with E-state index in [4.69, 9.17) is 9.47 Å². The number of ether oxygens (including phenoxy) is 2. The number of amides is 2. The highest BCUT2D eigenvalue weighted by atomic mass is 16.5. The summed E-state index contributed by atoms with van der Waals surface area (Å²) in [5.41, 5.74) is 1.000. The van der Waals surface area contributed by atoms with Crippen LogP contribution in [0, 0.1) is 0 Å². The first-order chi connectivity index (χ1) is 11.5. The van der Waals surface area contributed by atoms with Crippen LogP contribution in [0.1, 0.15) is 10.4 Å². The minimum atomic E-state index is -0.312. The number of carbonyl (C=O) groups excluding carboxylic acids is 2. The van der Waals surface area contributed by atoms with Crippen molar-refractivity contribution in [2.24, 2.45) is 0 Å². The van der Waals surface area contributed by atoms with Crippen LogP contribution in [-0.2, 0) is 4.79 Å². The Balaban J connectivity index is 2.09. The van der Waals surface area contributed by atoms with Gasteiger partial charge in [-0.25, -0.2) is 0 Å². The Hall–Kier alpha value is -3.02. The lowest BCUT2D eigenvalue weighted by molar-refractivity contribution is -0.130. The molecule has 0 fully saturated rings. The molecule has 0 saturated heterocycles. The van der Waals surface area contributed by atoms with Gasteiger partial charge in [0.2, 0.25) is 0 Å². The molecule has 2 rings (SSSR count). The molecule has 2 amide bonds. The van der Waals surface area contributed by atoms with E-state index in [1.165, 1.54) is 4.90 Å². The molecule has 24 heavy (non-hydrogen) atoms. The molecule has 2 aromatic carbocycles. The summed E-state index contributed by atoms with van der Waals surface area (Å²) in [6.07, 6.45) is 0. The van der Waals surface area contributed by atoms with Gasteiger partial charge in [-0.1, -0.05) is 12.1 Å². The van der Waals surface area contributed by atoms with Gasteiger partial charge >= 0.3 is 0 Å². The van der Waals surface area contributed by atoms with Crippen LogP contribution in [0.3, 0.4) is 0 Å². The Morgan fingerprint density at radius 3 is 2.33 bits per heavy atom. The SMILES string of the molecule is COc1ccc(NC(=O)c2ccccc2OCC(=O)N(C)C)cc1. The molecule has 2 aromatic rings. The Kier molecular flexibility index (Phi) is 5.78. The lowest BCUT2D eigenvalue weighted by Crippen LogP contribution is -2.28. The summed E-state index contributed by atoms with van der Waals surface area (Å²) in [7, 11) is 4.87. The third-order valence-electron chi connectivity index (χ3n) is 3.33. The average Bonchev–Trinajstić information content (AvgIpc) is 2.60. The molecule has 0 unspecified atom stereocenters. The van der Waals surface area contributed by atoms with Crippen molar-refractivity contribution in [3.8, 4) is 11.5 Å². The third kappa shape index (κ3) is 4.49. The van der Waals surface area contributed by atoms with Crippen molar-refractivity contribution < 1.29 is 19.1 Å². The second-order valence-corrected chi connectivity index (χ2v) is 5.26. The van der Waals surface area contributed by atoms with Crippen LogP contribution < -0.4 is 14.8 Å². The van der Waals surface area contributed by atoms with Gasteiger partial charge in [0.05, 0.1) is 12.7 Å². The van der Waals surface area contributed by atoms with E-state index >= 15 is 0 Å². The van der Waals surface area contributed by atoms with Crippen LogP contribution >= 0.6 is 0 Å². The second-order valence-electron chi connectivity index (χ2n) is 5.26. The van der Waals surface area contributed by atoms with Gasteiger partial charge in [0.1, 0.15) is 11.5 Å². The van der Waals surface area contributed by atoms with Crippen molar-refractivity contribution in [3.05, 3.63) is 54.1 Å². The van der Waals surface area contributed by atoms with E-state index in [0.29, 0.717) is 22.7 Å². The largest absolute Gasteiger partial charge is 0.497 e. The molecule has 0 saturated carbocycles. The summed E-state index contributed by atoms with van der Waals surface area (Å²) in [5.74, 6) is 0.575. The second kappa shape index (κ2) is 8.01. The standard InChI is InChI=1S/C18H20N2O4/c1-20(2)17(21)12-24-16-7-5-4-6-15(16)18(22)19-13-8-10-14(23-3)11-9-13/h4-11H,12H2,1-3H3,(H,19,22). The smallest absolute Gasteiger partial charge is 0.259 e. The molecule has 0 aliphatic heterocycles. The maximum absolute atomic E-state index is 12.5. The van der Waals surface area contributed by atoms with Crippen molar-refractivity contribution >= 4 is 17.5 Å². The van der Waals surface area contributed by atoms with E-state index in [-0.39, 0.29) is 18.4 Å². The average molecular weight is 328 g/mol. The zero-order chi connectivity index (χ0) is 17.5. The number of rotatable bonds is 6. The van der Waals surface area contributed by atoms with E-state index in [1.807, 2.05) is 0 Å². The van der Waals surface area contributed by atoms with E-state index in [0.717, 1.165) is 0 Å². The molecule has 0 aromatic heterocycles. The highest BCUT2D eigenvalue weighted by molar-refractivity contribution is 6.06. The minimum Gasteiger partial charge on any atom is -0.497 e. The fourth-order valence-electron chi connectivity index (χ4n) is 1.92. The number of methoxy groups -OCH3 is 1. The lowest BCUT2D eigenvalue weighted by Gasteiger charge is -2.14. The van der Waals surface area contributed by atoms with Crippen LogP contribution in [0.25, 0.3) is 0 Å². The zero-order valence-electron chi connectivity index (χ0n) is 13.9. The molecule has 0 aliphatic carbocycles. The number of anilines is 1. The molecule has 0 radical (unpaired) electrons. The van der Waals surface area contributed by atoms with E-state index in [1.54, 1.807) is 69.7 Å². The quantitative estimate of drug-likeness (QED) is 0.884. The summed E-state index contributed by atoms with van der Waals surface area (Å²) in [6, 6.07) is 13.8. The Morgan fingerprint density at radius 2 is 1.71 bits per heavy atom. The summed E-state index contributed by atoms with van der Waals surface area (Å²) >= 11 is 0. The normalized spacial score (nSPS) is 9.96. The van der Waals surface area contributed by atoms with Crippen LogP contribution in [-0.4, -0.2) is 44.5 Å². The van der Waals surface area contributed by atoms with Crippen molar-refractivity contribution in [1.29, 1.82) is 0 Å². The Morgan fingerprint density at radius 1 is 1.04 bits per heavy atom. The van der Waals surface area contributed by atoms with Crippen molar-refractivity contribution in [3.63, 3.8) is 0 Å². The summed E-state index contributed by atoms with van der Waals surface area (Å²) < 4.78 is 10.6. The van der Waals surface area contributed by atoms with Gasteiger partial charge in [-0.05, 0) is 36.4 Å². The van der Waals surface area contributed by atoms with E-state index < -0.39 is 0 Å². The molecule has 6 heteroatoms. The summed E-state index contributed by atoms with van der Waals surface area (Å²) in [4.78, 5) is 25.5. The number of benzene rings is 2. The number of carbonyl (C=O) groups is 2. The molecule has 6 nitrogen and oxygen atoms in total. The van der Waals surface area contributed by atoms with Gasteiger partial charge in [-0.15, -0.1) is 0 Å². The van der Waals surface area contributed by atoms with Crippen molar-refractivity contribution in [2.45, 2.75) is 0 Å². The lowest BCUT2D eigenvalue weighted by atomic mass is 10.2. The number of para-hydroxylation sites is 1. The van der Waals surface area contributed by atoms with Gasteiger partial charge in [-0.2, -0.15) is 0 Å². The van der Waals surface area contributed by atoms with Crippen molar-refractivity contribution in [2.75, 3.05) is 33.1 Å². The van der Waals surface area contributed by atoms with Crippen LogP contribution in [0.4, 0.5) is 5.69 Å². The number of hydrogen-bond donors (Lipinski definition) is 1. The number of nitrogens with one attached hydrogen (secondary N) is 1. The van der Waals surface area contributed by atoms with Gasteiger partial charge < -0.3 is 19.7 Å². The van der Waals surface area contributed by atoms with Gasteiger partial charge in [-0.3, -0.25) is 9.59 Å². The molecule has 0 aliphatic rings. The fraction of sp³-hybridized carbons (Fsp3) is 0.222. The molecule has 0 heterocycles. The maximum atomic E-state index is 12.5. The first-order valence-electron chi connectivity index (χ1n) is 7.38. The molecule has 0 atom stereocenters. The number of likely N-dealkylation sites (N-methyl/N-ethyl adjacent to an activating group) is 1. The molecular formula is C18H20N2O4. The highest BCUT2D eigenvalue weighted by Crippen LogP contribution is 2.21. The topological polar surface area (TPSA) is 67.9 Å². The summed E-state index contributed by atoms with van der Waals surface area (Å²) in [6.45, 7) is -0.125. The fourth-order valence-corrected chi connectivity index (χ4v) is 1.92. The predicted molar refractivity (Wildman–Crippen MR) is 91.6 cm³/mol. The summed E-state index contributed by atoms with van der Waals surface area (Å²) in [5, 5.41) is 2.79. The molecule has 1 N–H and O–H groups in total. The molecule has 0 bridgehead atoms. The number of hydrogen-bond acceptors (Lipinski definition) is 4. The first kappa shape index (κ1) is 17.3.